The van der Waals surface area contributed by atoms with Crippen LogP contribution >= 0.6 is 0 Å². The van der Waals surface area contributed by atoms with Crippen LogP contribution in [0.15, 0.2) is 6.20 Å². The van der Waals surface area contributed by atoms with Gasteiger partial charge in [0.15, 0.2) is 11.6 Å². The Labute approximate surface area is 92.9 Å². The lowest BCUT2D eigenvalue weighted by molar-refractivity contribution is 0.0613. The van der Waals surface area contributed by atoms with Crippen LogP contribution in [0.2, 0.25) is 0 Å². The van der Waals surface area contributed by atoms with E-state index in [1.807, 2.05) is 0 Å². The Bertz CT molecular complexity index is 379. The van der Waals surface area contributed by atoms with Gasteiger partial charge in [-0.3, -0.25) is 0 Å². The minimum absolute atomic E-state index is 0.0160. The maximum Gasteiger partial charge on any atom is 0.222 e. The molecule has 2 rings (SSSR count). The molecule has 0 spiro atoms. The molecule has 1 fully saturated rings. The van der Waals surface area contributed by atoms with E-state index in [4.69, 9.17) is 5.73 Å². The molecule has 0 saturated heterocycles. The summed E-state index contributed by atoms with van der Waals surface area (Å²) in [6.07, 6.45) is 4.51. The van der Waals surface area contributed by atoms with Gasteiger partial charge in [0, 0.05) is 6.54 Å². The number of aromatic nitrogens is 2. The quantitative estimate of drug-likeness (QED) is 0.713. The van der Waals surface area contributed by atoms with Gasteiger partial charge >= 0.3 is 0 Å². The number of nitrogens with zero attached hydrogens (tertiary/aromatic N) is 2. The van der Waals surface area contributed by atoms with E-state index in [-0.39, 0.29) is 11.8 Å². The topological polar surface area (TPSA) is 84.1 Å². The van der Waals surface area contributed by atoms with Gasteiger partial charge in [-0.2, -0.15) is 4.98 Å². The number of hydrogen-bond donors (Lipinski definition) is 3. The number of nitrogens with one attached hydrogen (secondary N) is 1. The highest BCUT2D eigenvalue weighted by Crippen LogP contribution is 2.29. The van der Waals surface area contributed by atoms with Gasteiger partial charge in [-0.15, -0.1) is 0 Å². The Balaban J connectivity index is 2.01. The van der Waals surface area contributed by atoms with Crippen molar-refractivity contribution >= 4 is 11.8 Å². The molecular formula is C10H15FN4O. The van der Waals surface area contributed by atoms with E-state index in [9.17, 15) is 9.50 Å². The normalized spacial score (nSPS) is 18.6. The third-order valence-corrected chi connectivity index (χ3v) is 2.88. The Kier molecular flexibility index (Phi) is 2.91. The molecule has 0 atom stereocenters. The fraction of sp³-hybridized carbons (Fsp3) is 0.600. The first kappa shape index (κ1) is 11.1. The van der Waals surface area contributed by atoms with Crippen LogP contribution in [0.4, 0.5) is 16.2 Å². The van der Waals surface area contributed by atoms with E-state index in [0.29, 0.717) is 6.54 Å². The lowest BCUT2D eigenvalue weighted by Gasteiger charge is -2.22. The summed E-state index contributed by atoms with van der Waals surface area (Å²) in [5.41, 5.74) is 4.61. The van der Waals surface area contributed by atoms with Gasteiger partial charge < -0.3 is 16.2 Å². The predicted octanol–water partition coefficient (Wildman–Crippen LogP) is 0.915. The highest BCUT2D eigenvalue weighted by Gasteiger charge is 2.31. The molecule has 0 bridgehead atoms. The van der Waals surface area contributed by atoms with Crippen LogP contribution in [0, 0.1) is 5.82 Å². The monoisotopic (exact) mass is 226 g/mol. The zero-order valence-electron chi connectivity index (χ0n) is 8.91. The zero-order chi connectivity index (χ0) is 11.6. The van der Waals surface area contributed by atoms with Gasteiger partial charge in [0.05, 0.1) is 11.8 Å². The molecule has 4 N–H and O–H groups in total. The first-order valence-electron chi connectivity index (χ1n) is 5.33. The molecule has 1 heterocycles. The summed E-state index contributed by atoms with van der Waals surface area (Å²) in [7, 11) is 0. The van der Waals surface area contributed by atoms with Crippen LogP contribution in [0.1, 0.15) is 25.7 Å². The molecule has 1 aliphatic carbocycles. The minimum Gasteiger partial charge on any atom is -0.388 e. The number of nitrogen functional groups attached to an aromatic ring is 1. The van der Waals surface area contributed by atoms with Gasteiger partial charge in [-0.05, 0) is 12.8 Å². The van der Waals surface area contributed by atoms with Crippen LogP contribution in [-0.4, -0.2) is 27.2 Å². The van der Waals surface area contributed by atoms with Crippen molar-refractivity contribution in [1.82, 2.24) is 9.97 Å². The standard InChI is InChI=1S/C10H15FN4O/c11-7-5-13-9(12)15-8(7)14-6-10(16)3-1-2-4-10/h5,16H,1-4,6H2,(H3,12,13,14,15). The summed E-state index contributed by atoms with van der Waals surface area (Å²) < 4.78 is 13.2. The molecule has 6 heteroatoms. The van der Waals surface area contributed by atoms with Crippen LogP contribution < -0.4 is 11.1 Å². The van der Waals surface area contributed by atoms with Crippen molar-refractivity contribution in [3.05, 3.63) is 12.0 Å². The van der Waals surface area contributed by atoms with Crippen LogP contribution in [-0.2, 0) is 0 Å². The second-order valence-electron chi connectivity index (χ2n) is 4.21. The summed E-state index contributed by atoms with van der Waals surface area (Å²) in [5.74, 6) is -0.495. The maximum atomic E-state index is 13.2. The second-order valence-corrected chi connectivity index (χ2v) is 4.21. The minimum atomic E-state index is -0.744. The summed E-state index contributed by atoms with van der Waals surface area (Å²) in [5, 5.41) is 12.8. The van der Waals surface area contributed by atoms with E-state index in [2.05, 4.69) is 15.3 Å². The van der Waals surface area contributed by atoms with Gasteiger partial charge in [-0.25, -0.2) is 9.37 Å². The molecule has 5 nitrogen and oxygen atoms in total. The number of anilines is 2. The molecule has 1 aliphatic rings. The van der Waals surface area contributed by atoms with E-state index < -0.39 is 11.4 Å². The van der Waals surface area contributed by atoms with Crippen molar-refractivity contribution in [2.24, 2.45) is 0 Å². The van der Waals surface area contributed by atoms with Crippen molar-refractivity contribution in [2.45, 2.75) is 31.3 Å². The summed E-state index contributed by atoms with van der Waals surface area (Å²) in [4.78, 5) is 7.26. The number of hydrogen-bond acceptors (Lipinski definition) is 5. The fourth-order valence-corrected chi connectivity index (χ4v) is 1.96. The lowest BCUT2D eigenvalue weighted by atomic mass is 10.0. The molecule has 88 valence electrons. The van der Waals surface area contributed by atoms with Crippen molar-refractivity contribution in [3.8, 4) is 0 Å². The maximum absolute atomic E-state index is 13.2. The Hall–Kier alpha value is -1.43. The Morgan fingerprint density at radius 2 is 2.19 bits per heavy atom. The van der Waals surface area contributed by atoms with Gasteiger partial charge in [0.25, 0.3) is 0 Å². The van der Waals surface area contributed by atoms with E-state index in [0.717, 1.165) is 31.9 Å². The highest BCUT2D eigenvalue weighted by molar-refractivity contribution is 5.39. The number of rotatable bonds is 3. The fourth-order valence-electron chi connectivity index (χ4n) is 1.96. The molecule has 16 heavy (non-hydrogen) atoms. The van der Waals surface area contributed by atoms with Crippen molar-refractivity contribution in [3.63, 3.8) is 0 Å². The smallest absolute Gasteiger partial charge is 0.222 e. The SMILES string of the molecule is Nc1ncc(F)c(NCC2(O)CCCC2)n1. The molecule has 0 unspecified atom stereocenters. The number of halogens is 1. The zero-order valence-corrected chi connectivity index (χ0v) is 8.91. The van der Waals surface area contributed by atoms with E-state index in [1.54, 1.807) is 0 Å². The first-order chi connectivity index (χ1) is 7.59. The number of nitrogens with two attached hydrogens (primary N) is 1. The molecule has 0 aromatic carbocycles. The third kappa shape index (κ3) is 2.38. The molecule has 0 aliphatic heterocycles. The van der Waals surface area contributed by atoms with E-state index in [1.165, 1.54) is 0 Å². The summed E-state index contributed by atoms with van der Waals surface area (Å²) in [6.45, 7) is 0.292. The van der Waals surface area contributed by atoms with Gasteiger partial charge in [-0.1, -0.05) is 12.8 Å². The van der Waals surface area contributed by atoms with E-state index >= 15 is 0 Å². The third-order valence-electron chi connectivity index (χ3n) is 2.88. The van der Waals surface area contributed by atoms with Crippen LogP contribution in [0.25, 0.3) is 0 Å². The molecule has 1 aromatic heterocycles. The van der Waals surface area contributed by atoms with Gasteiger partial charge in [0.2, 0.25) is 5.95 Å². The molecule has 1 aromatic rings. The lowest BCUT2D eigenvalue weighted by Crippen LogP contribution is -2.34. The second kappa shape index (κ2) is 4.21. The molecular weight excluding hydrogens is 211 g/mol. The van der Waals surface area contributed by atoms with Gasteiger partial charge in [0.1, 0.15) is 0 Å². The Morgan fingerprint density at radius 3 is 2.88 bits per heavy atom. The van der Waals surface area contributed by atoms with Crippen molar-refractivity contribution in [2.75, 3.05) is 17.6 Å². The Morgan fingerprint density at radius 1 is 1.50 bits per heavy atom. The van der Waals surface area contributed by atoms with Crippen LogP contribution in [0.3, 0.4) is 0 Å². The first-order valence-corrected chi connectivity index (χ1v) is 5.33. The highest BCUT2D eigenvalue weighted by atomic mass is 19.1. The summed E-state index contributed by atoms with van der Waals surface area (Å²) >= 11 is 0. The predicted molar refractivity (Wildman–Crippen MR) is 58.3 cm³/mol. The average Bonchev–Trinajstić information content (AvgIpc) is 2.67. The molecule has 0 amide bonds. The summed E-state index contributed by atoms with van der Waals surface area (Å²) in [6, 6.07) is 0. The molecule has 1 saturated carbocycles. The van der Waals surface area contributed by atoms with Crippen molar-refractivity contribution < 1.29 is 9.50 Å². The van der Waals surface area contributed by atoms with Crippen molar-refractivity contribution in [1.29, 1.82) is 0 Å². The molecule has 0 radical (unpaired) electrons. The number of aliphatic hydroxyl groups is 1. The average molecular weight is 226 g/mol. The largest absolute Gasteiger partial charge is 0.388 e. The van der Waals surface area contributed by atoms with Crippen LogP contribution in [0.5, 0.6) is 0 Å².